The summed E-state index contributed by atoms with van der Waals surface area (Å²) in [5.74, 6) is -0.00520. The molecule has 3 aromatic rings. The molecule has 0 aliphatic carbocycles. The highest BCUT2D eigenvalue weighted by molar-refractivity contribution is 5.81. The Bertz CT molecular complexity index is 1070. The molecule has 140 valence electrons. The topological polar surface area (TPSA) is 53.7 Å². The SMILES string of the molecule is O=c1cc(CN2CCc3c(cccc3C(F)(F)F)C2)c2ccc(O)cc2o1. The van der Waals surface area contributed by atoms with Gasteiger partial charge in [0.05, 0.1) is 5.56 Å². The van der Waals surface area contributed by atoms with E-state index in [1.165, 1.54) is 24.3 Å². The largest absolute Gasteiger partial charge is 0.508 e. The van der Waals surface area contributed by atoms with E-state index >= 15 is 0 Å². The molecule has 27 heavy (non-hydrogen) atoms. The fraction of sp³-hybridized carbons (Fsp3) is 0.250. The fourth-order valence-electron chi connectivity index (χ4n) is 3.66. The first kappa shape index (κ1) is 17.6. The molecule has 1 aromatic heterocycles. The molecule has 0 fully saturated rings. The van der Waals surface area contributed by atoms with E-state index in [0.717, 1.165) is 11.6 Å². The minimum atomic E-state index is -4.36. The van der Waals surface area contributed by atoms with Gasteiger partial charge in [-0.25, -0.2) is 4.79 Å². The lowest BCUT2D eigenvalue weighted by Crippen LogP contribution is -2.31. The standard InChI is InChI=1S/C20H16F3NO3/c21-20(22,23)17-3-1-2-12-10-24(7-6-15(12)17)11-13-8-19(26)27-18-9-14(25)4-5-16(13)18/h1-5,8-9,25H,6-7,10-11H2. The highest BCUT2D eigenvalue weighted by Crippen LogP contribution is 2.36. The van der Waals surface area contributed by atoms with Crippen LogP contribution in [0.25, 0.3) is 11.0 Å². The zero-order valence-electron chi connectivity index (χ0n) is 14.2. The van der Waals surface area contributed by atoms with Crippen LogP contribution in [0.15, 0.2) is 51.7 Å². The van der Waals surface area contributed by atoms with Gasteiger partial charge in [0, 0.05) is 37.2 Å². The maximum absolute atomic E-state index is 13.2. The summed E-state index contributed by atoms with van der Waals surface area (Å²) in [6.45, 7) is 1.24. The Hall–Kier alpha value is -2.80. The lowest BCUT2D eigenvalue weighted by Gasteiger charge is -2.30. The van der Waals surface area contributed by atoms with Gasteiger partial charge in [-0.3, -0.25) is 4.90 Å². The maximum atomic E-state index is 13.2. The first-order valence-electron chi connectivity index (χ1n) is 8.47. The van der Waals surface area contributed by atoms with Crippen LogP contribution >= 0.6 is 0 Å². The number of hydrogen-bond acceptors (Lipinski definition) is 4. The van der Waals surface area contributed by atoms with E-state index in [2.05, 4.69) is 0 Å². The van der Waals surface area contributed by atoms with Gasteiger partial charge >= 0.3 is 11.8 Å². The summed E-state index contributed by atoms with van der Waals surface area (Å²) in [5.41, 5.74) is 0.913. The summed E-state index contributed by atoms with van der Waals surface area (Å²) >= 11 is 0. The van der Waals surface area contributed by atoms with E-state index < -0.39 is 17.4 Å². The normalized spacial score (nSPS) is 15.1. The van der Waals surface area contributed by atoms with Crippen LogP contribution in [0.5, 0.6) is 5.75 Å². The smallest absolute Gasteiger partial charge is 0.416 e. The van der Waals surface area contributed by atoms with Crippen LogP contribution in [-0.4, -0.2) is 16.6 Å². The molecule has 0 saturated heterocycles. The summed E-state index contributed by atoms with van der Waals surface area (Å²) in [6.07, 6.45) is -4.06. The number of halogens is 3. The second-order valence-corrected chi connectivity index (χ2v) is 6.67. The molecular formula is C20H16F3NO3. The van der Waals surface area contributed by atoms with Gasteiger partial charge in [-0.15, -0.1) is 0 Å². The van der Waals surface area contributed by atoms with Gasteiger partial charge in [0.1, 0.15) is 11.3 Å². The Morgan fingerprint density at radius 3 is 2.74 bits per heavy atom. The van der Waals surface area contributed by atoms with Crippen LogP contribution in [0.1, 0.15) is 22.3 Å². The van der Waals surface area contributed by atoms with E-state index in [1.807, 2.05) is 4.90 Å². The number of phenolic OH excluding ortho intramolecular Hbond substituents is 1. The molecular weight excluding hydrogens is 359 g/mol. The molecule has 1 N–H and O–H groups in total. The zero-order chi connectivity index (χ0) is 19.2. The maximum Gasteiger partial charge on any atom is 0.416 e. The predicted molar refractivity (Wildman–Crippen MR) is 93.4 cm³/mol. The first-order valence-corrected chi connectivity index (χ1v) is 8.47. The molecule has 1 aliphatic heterocycles. The summed E-state index contributed by atoms with van der Waals surface area (Å²) in [4.78, 5) is 13.8. The Morgan fingerprint density at radius 2 is 1.96 bits per heavy atom. The number of phenols is 1. The van der Waals surface area contributed by atoms with Gasteiger partial charge in [-0.1, -0.05) is 12.1 Å². The Labute approximate surface area is 152 Å². The molecule has 0 radical (unpaired) electrons. The third-order valence-electron chi connectivity index (χ3n) is 4.86. The molecule has 0 atom stereocenters. The van der Waals surface area contributed by atoms with Gasteiger partial charge in [-0.05, 0) is 41.3 Å². The Morgan fingerprint density at radius 1 is 1.15 bits per heavy atom. The van der Waals surface area contributed by atoms with Crippen LogP contribution in [0.2, 0.25) is 0 Å². The lowest BCUT2D eigenvalue weighted by molar-refractivity contribution is -0.138. The summed E-state index contributed by atoms with van der Waals surface area (Å²) in [7, 11) is 0. The number of rotatable bonds is 2. The molecule has 4 nitrogen and oxygen atoms in total. The van der Waals surface area contributed by atoms with Gasteiger partial charge in [0.15, 0.2) is 0 Å². The molecule has 4 rings (SSSR count). The first-order chi connectivity index (χ1) is 12.8. The number of nitrogens with zero attached hydrogens (tertiary/aromatic N) is 1. The van der Waals surface area contributed by atoms with Crippen molar-refractivity contribution in [3.8, 4) is 5.75 Å². The van der Waals surface area contributed by atoms with Crippen molar-refractivity contribution >= 4 is 11.0 Å². The predicted octanol–water partition coefficient (Wildman–Crippen LogP) is 4.08. The molecule has 0 bridgehead atoms. The minimum Gasteiger partial charge on any atom is -0.508 e. The lowest BCUT2D eigenvalue weighted by atomic mass is 9.94. The molecule has 2 heterocycles. The Balaban J connectivity index is 1.65. The van der Waals surface area contributed by atoms with Crippen molar-refractivity contribution in [2.24, 2.45) is 0 Å². The van der Waals surface area contributed by atoms with E-state index in [-0.39, 0.29) is 11.3 Å². The number of fused-ring (bicyclic) bond motifs is 2. The highest BCUT2D eigenvalue weighted by Gasteiger charge is 2.35. The minimum absolute atomic E-state index is 0.00520. The molecule has 0 saturated carbocycles. The third kappa shape index (κ3) is 3.42. The summed E-state index contributed by atoms with van der Waals surface area (Å²) < 4.78 is 44.7. The van der Waals surface area contributed by atoms with Gasteiger partial charge in [-0.2, -0.15) is 13.2 Å². The average Bonchev–Trinajstić information content (AvgIpc) is 2.59. The van der Waals surface area contributed by atoms with E-state index in [4.69, 9.17) is 4.42 Å². The van der Waals surface area contributed by atoms with Crippen molar-refractivity contribution in [1.29, 1.82) is 0 Å². The van der Waals surface area contributed by atoms with Crippen LogP contribution in [0.4, 0.5) is 13.2 Å². The fourth-order valence-corrected chi connectivity index (χ4v) is 3.66. The number of aromatic hydroxyl groups is 1. The van der Waals surface area contributed by atoms with Gasteiger partial charge < -0.3 is 9.52 Å². The zero-order valence-corrected chi connectivity index (χ0v) is 14.2. The van der Waals surface area contributed by atoms with Crippen molar-refractivity contribution in [2.45, 2.75) is 25.7 Å². The van der Waals surface area contributed by atoms with Crippen LogP contribution in [-0.2, 0) is 25.7 Å². The van der Waals surface area contributed by atoms with E-state index in [0.29, 0.717) is 42.6 Å². The molecule has 0 spiro atoms. The van der Waals surface area contributed by atoms with Crippen LogP contribution < -0.4 is 5.63 Å². The molecule has 7 heteroatoms. The van der Waals surface area contributed by atoms with Crippen LogP contribution in [0, 0.1) is 0 Å². The Kier molecular flexibility index (Phi) is 4.19. The quantitative estimate of drug-likeness (QED) is 0.686. The molecule has 1 aliphatic rings. The van der Waals surface area contributed by atoms with Crippen molar-refractivity contribution in [1.82, 2.24) is 4.90 Å². The van der Waals surface area contributed by atoms with Crippen LogP contribution in [0.3, 0.4) is 0 Å². The molecule has 0 unspecified atom stereocenters. The summed E-state index contributed by atoms with van der Waals surface area (Å²) in [5, 5.41) is 10.3. The van der Waals surface area contributed by atoms with Crippen molar-refractivity contribution in [2.75, 3.05) is 6.54 Å². The van der Waals surface area contributed by atoms with Gasteiger partial charge in [0.25, 0.3) is 0 Å². The van der Waals surface area contributed by atoms with Gasteiger partial charge in [0.2, 0.25) is 0 Å². The summed E-state index contributed by atoms with van der Waals surface area (Å²) in [6, 6.07) is 10.2. The second kappa shape index (κ2) is 6.42. The molecule has 2 aromatic carbocycles. The highest BCUT2D eigenvalue weighted by atomic mass is 19.4. The van der Waals surface area contributed by atoms with E-state index in [1.54, 1.807) is 12.1 Å². The van der Waals surface area contributed by atoms with Crippen molar-refractivity contribution in [3.63, 3.8) is 0 Å². The van der Waals surface area contributed by atoms with Crippen molar-refractivity contribution < 1.29 is 22.7 Å². The van der Waals surface area contributed by atoms with Crippen molar-refractivity contribution in [3.05, 3.63) is 75.1 Å². The molecule has 0 amide bonds. The number of alkyl halides is 3. The third-order valence-corrected chi connectivity index (χ3v) is 4.86. The number of benzene rings is 2. The monoisotopic (exact) mass is 375 g/mol. The van der Waals surface area contributed by atoms with E-state index in [9.17, 15) is 23.1 Å². The average molecular weight is 375 g/mol. The number of hydrogen-bond donors (Lipinski definition) is 1. The second-order valence-electron chi connectivity index (χ2n) is 6.67.